The van der Waals surface area contributed by atoms with E-state index in [9.17, 15) is 19.5 Å². The maximum absolute atomic E-state index is 13.8. The fourth-order valence-corrected chi connectivity index (χ4v) is 3.90. The van der Waals surface area contributed by atoms with Gasteiger partial charge in [-0.3, -0.25) is 9.59 Å². The van der Waals surface area contributed by atoms with Crippen LogP contribution in [-0.2, 0) is 14.3 Å². The molecule has 0 aliphatic rings. The maximum atomic E-state index is 13.8. The van der Waals surface area contributed by atoms with E-state index in [2.05, 4.69) is 10.6 Å². The van der Waals surface area contributed by atoms with Crippen LogP contribution >= 0.6 is 0 Å². The number of nitrogens with zero attached hydrogens (tertiary/aromatic N) is 1. The van der Waals surface area contributed by atoms with E-state index in [1.165, 1.54) is 17.0 Å². The fourth-order valence-electron chi connectivity index (χ4n) is 3.90. The van der Waals surface area contributed by atoms with Crippen molar-refractivity contribution in [1.29, 1.82) is 0 Å². The van der Waals surface area contributed by atoms with Gasteiger partial charge < -0.3 is 25.4 Å². The minimum Gasteiger partial charge on any atom is -0.508 e. The summed E-state index contributed by atoms with van der Waals surface area (Å²) in [5, 5.41) is 15.7. The Morgan fingerprint density at radius 1 is 1.03 bits per heavy atom. The zero-order valence-corrected chi connectivity index (χ0v) is 22.5. The number of hydrogen-bond donors (Lipinski definition) is 3. The predicted octanol–water partition coefficient (Wildman–Crippen LogP) is 5.23. The molecule has 0 aliphatic heterocycles. The number of aryl methyl sites for hydroxylation is 2. The first-order chi connectivity index (χ1) is 16.7. The molecular weight excluding hydrogens is 458 g/mol. The van der Waals surface area contributed by atoms with E-state index in [-0.39, 0.29) is 11.8 Å². The topological polar surface area (TPSA) is 108 Å². The van der Waals surface area contributed by atoms with Crippen molar-refractivity contribution in [2.75, 3.05) is 5.32 Å². The first-order valence-corrected chi connectivity index (χ1v) is 12.2. The van der Waals surface area contributed by atoms with Gasteiger partial charge in [-0.15, -0.1) is 0 Å². The van der Waals surface area contributed by atoms with Gasteiger partial charge in [0.25, 0.3) is 5.91 Å². The van der Waals surface area contributed by atoms with Gasteiger partial charge in [0.15, 0.2) is 0 Å². The number of phenolic OH excluding ortho intramolecular Hbond substituents is 1. The Hall–Kier alpha value is -3.55. The number of para-hydroxylation sites is 1. The SMILES string of the molecule is CCC(C)N(C(=O)C(C)NC(=O)OC(C)(C)C)C(C(=O)Nc1c(C)cccc1C)c1cccc(O)c1. The van der Waals surface area contributed by atoms with Crippen molar-refractivity contribution in [3.8, 4) is 5.75 Å². The summed E-state index contributed by atoms with van der Waals surface area (Å²) in [7, 11) is 0. The van der Waals surface area contributed by atoms with Crippen LogP contribution in [0.3, 0.4) is 0 Å². The Morgan fingerprint density at radius 3 is 2.14 bits per heavy atom. The number of carbonyl (C=O) groups is 3. The third kappa shape index (κ3) is 7.47. The molecule has 0 saturated carbocycles. The molecule has 8 heteroatoms. The molecule has 3 unspecified atom stereocenters. The van der Waals surface area contributed by atoms with E-state index in [0.717, 1.165) is 11.1 Å². The predicted molar refractivity (Wildman–Crippen MR) is 141 cm³/mol. The molecule has 0 fully saturated rings. The number of nitrogens with one attached hydrogen (secondary N) is 2. The number of rotatable bonds is 8. The summed E-state index contributed by atoms with van der Waals surface area (Å²) in [6.07, 6.45) is -0.155. The Bertz CT molecular complexity index is 1070. The lowest BCUT2D eigenvalue weighted by atomic mass is 9.99. The van der Waals surface area contributed by atoms with E-state index in [1.807, 2.05) is 45.9 Å². The van der Waals surface area contributed by atoms with Gasteiger partial charge in [0, 0.05) is 11.7 Å². The number of benzene rings is 2. The van der Waals surface area contributed by atoms with Gasteiger partial charge in [0.2, 0.25) is 5.91 Å². The number of amides is 3. The highest BCUT2D eigenvalue weighted by Crippen LogP contribution is 2.30. The molecule has 2 aromatic rings. The third-order valence-corrected chi connectivity index (χ3v) is 5.87. The maximum Gasteiger partial charge on any atom is 0.408 e. The molecule has 2 aromatic carbocycles. The van der Waals surface area contributed by atoms with Crippen LogP contribution in [0.4, 0.5) is 10.5 Å². The molecule has 3 atom stereocenters. The van der Waals surface area contributed by atoms with Crippen LogP contribution in [0.1, 0.15) is 70.7 Å². The Labute approximate surface area is 214 Å². The molecule has 3 amide bonds. The van der Waals surface area contributed by atoms with Crippen LogP contribution in [0, 0.1) is 13.8 Å². The Morgan fingerprint density at radius 2 is 1.61 bits per heavy atom. The summed E-state index contributed by atoms with van der Waals surface area (Å²) >= 11 is 0. The number of anilines is 1. The zero-order valence-electron chi connectivity index (χ0n) is 22.5. The second-order valence-corrected chi connectivity index (χ2v) is 10.1. The van der Waals surface area contributed by atoms with Crippen molar-refractivity contribution in [1.82, 2.24) is 10.2 Å². The molecule has 0 aliphatic carbocycles. The largest absolute Gasteiger partial charge is 0.508 e. The minimum absolute atomic E-state index is 0.0196. The summed E-state index contributed by atoms with van der Waals surface area (Å²) in [5.41, 5.74) is 2.18. The van der Waals surface area contributed by atoms with Gasteiger partial charge in [-0.1, -0.05) is 37.3 Å². The average Bonchev–Trinajstić information content (AvgIpc) is 2.77. The average molecular weight is 498 g/mol. The molecule has 0 radical (unpaired) electrons. The molecule has 36 heavy (non-hydrogen) atoms. The van der Waals surface area contributed by atoms with Crippen molar-refractivity contribution in [2.24, 2.45) is 0 Å². The fraction of sp³-hybridized carbons (Fsp3) is 0.464. The zero-order chi connectivity index (χ0) is 27.2. The van der Waals surface area contributed by atoms with Gasteiger partial charge in [0.05, 0.1) is 0 Å². The van der Waals surface area contributed by atoms with Crippen molar-refractivity contribution < 1.29 is 24.2 Å². The molecule has 8 nitrogen and oxygen atoms in total. The van der Waals surface area contributed by atoms with Crippen LogP contribution in [0.5, 0.6) is 5.75 Å². The monoisotopic (exact) mass is 497 g/mol. The highest BCUT2D eigenvalue weighted by molar-refractivity contribution is 6.00. The van der Waals surface area contributed by atoms with Crippen LogP contribution in [0.25, 0.3) is 0 Å². The minimum atomic E-state index is -1.05. The Balaban J connectivity index is 2.50. The molecule has 0 bridgehead atoms. The van der Waals surface area contributed by atoms with Crippen LogP contribution in [-0.4, -0.2) is 45.6 Å². The quantitative estimate of drug-likeness (QED) is 0.463. The first-order valence-electron chi connectivity index (χ1n) is 12.2. The summed E-state index contributed by atoms with van der Waals surface area (Å²) in [4.78, 5) is 41.4. The highest BCUT2D eigenvalue weighted by Gasteiger charge is 2.37. The van der Waals surface area contributed by atoms with Gasteiger partial charge in [0.1, 0.15) is 23.4 Å². The highest BCUT2D eigenvalue weighted by atomic mass is 16.6. The number of alkyl carbamates (subject to hydrolysis) is 1. The van der Waals surface area contributed by atoms with Crippen molar-refractivity contribution in [3.05, 3.63) is 59.2 Å². The van der Waals surface area contributed by atoms with E-state index in [4.69, 9.17) is 4.74 Å². The molecule has 2 rings (SSSR count). The van der Waals surface area contributed by atoms with Crippen LogP contribution in [0.2, 0.25) is 0 Å². The van der Waals surface area contributed by atoms with Gasteiger partial charge >= 0.3 is 6.09 Å². The summed E-state index contributed by atoms with van der Waals surface area (Å²) < 4.78 is 5.31. The third-order valence-electron chi connectivity index (χ3n) is 5.87. The first kappa shape index (κ1) is 28.7. The molecule has 0 saturated heterocycles. The van der Waals surface area contributed by atoms with E-state index >= 15 is 0 Å². The normalized spacial score (nSPS) is 13.8. The molecule has 0 heterocycles. The molecule has 0 aromatic heterocycles. The summed E-state index contributed by atoms with van der Waals surface area (Å²) in [6.45, 7) is 14.3. The van der Waals surface area contributed by atoms with Crippen molar-refractivity contribution in [3.63, 3.8) is 0 Å². The van der Waals surface area contributed by atoms with Gasteiger partial charge in [-0.25, -0.2) is 4.79 Å². The van der Waals surface area contributed by atoms with Crippen molar-refractivity contribution in [2.45, 2.75) is 85.5 Å². The number of phenols is 1. The van der Waals surface area contributed by atoms with Crippen molar-refractivity contribution >= 4 is 23.6 Å². The second kappa shape index (κ2) is 11.9. The van der Waals surface area contributed by atoms with E-state index in [1.54, 1.807) is 39.8 Å². The molecule has 3 N–H and O–H groups in total. The lowest BCUT2D eigenvalue weighted by molar-refractivity contribution is -0.143. The van der Waals surface area contributed by atoms with Crippen LogP contribution < -0.4 is 10.6 Å². The Kier molecular flexibility index (Phi) is 9.50. The molecule has 0 spiro atoms. The number of ether oxygens (including phenoxy) is 1. The molecular formula is C28H39N3O5. The summed E-state index contributed by atoms with van der Waals surface area (Å²) in [6, 6.07) is 9.66. The standard InChI is InChI=1S/C28H39N3O5/c1-9-19(4)31(26(34)20(5)29-27(35)36-28(6,7)8)24(21-14-11-15-22(32)16-21)25(33)30-23-17(2)12-10-13-18(23)3/h10-16,19-20,24,32H,9H2,1-8H3,(H,29,35)(H,30,33). The smallest absolute Gasteiger partial charge is 0.408 e. The van der Waals surface area contributed by atoms with E-state index < -0.39 is 35.6 Å². The van der Waals surface area contributed by atoms with Crippen LogP contribution in [0.15, 0.2) is 42.5 Å². The summed E-state index contributed by atoms with van der Waals surface area (Å²) in [5.74, 6) is -0.884. The number of carbonyl (C=O) groups excluding carboxylic acids is 3. The van der Waals surface area contributed by atoms with Gasteiger partial charge in [-0.2, -0.15) is 0 Å². The van der Waals surface area contributed by atoms with E-state index in [0.29, 0.717) is 17.7 Å². The number of hydrogen-bond acceptors (Lipinski definition) is 5. The second-order valence-electron chi connectivity index (χ2n) is 10.1. The lowest BCUT2D eigenvalue weighted by Gasteiger charge is -2.37. The molecule has 196 valence electrons. The number of aromatic hydroxyl groups is 1. The van der Waals surface area contributed by atoms with Gasteiger partial charge in [-0.05, 0) is 83.7 Å². The lowest BCUT2D eigenvalue weighted by Crippen LogP contribution is -2.53.